The van der Waals surface area contributed by atoms with Crippen LogP contribution < -0.4 is 0 Å². The number of benzene rings is 1. The van der Waals surface area contributed by atoms with Crippen molar-refractivity contribution in [1.29, 1.82) is 0 Å². The van der Waals surface area contributed by atoms with Crippen LogP contribution in [0.25, 0.3) is 0 Å². The van der Waals surface area contributed by atoms with Crippen molar-refractivity contribution in [3.05, 3.63) is 35.4 Å². The molecular weight excluding hydrogens is 328 g/mol. The Bertz CT molecular complexity index is 496. The Morgan fingerprint density at radius 3 is 2.24 bits per heavy atom. The molecule has 21 heavy (non-hydrogen) atoms. The van der Waals surface area contributed by atoms with Crippen LogP contribution in [0.2, 0.25) is 0 Å². The second kappa shape index (κ2) is 8.47. The average molecular weight is 351 g/mol. The lowest BCUT2D eigenvalue weighted by atomic mass is 9.79. The van der Waals surface area contributed by atoms with Crippen molar-refractivity contribution in [2.24, 2.45) is 5.92 Å². The van der Waals surface area contributed by atoms with Crippen LogP contribution in [0, 0.1) is 5.92 Å². The number of fused-ring (bicyclic) bond motifs is 1. The topological polar surface area (TPSA) is 34.1 Å². The first kappa shape index (κ1) is 16.4. The van der Waals surface area contributed by atoms with Gasteiger partial charge in [-0.25, -0.2) is 0 Å². The van der Waals surface area contributed by atoms with Crippen molar-refractivity contribution in [2.75, 3.05) is 5.33 Å². The van der Waals surface area contributed by atoms with E-state index >= 15 is 0 Å². The lowest BCUT2D eigenvalue weighted by molar-refractivity contribution is 0.0814. The molecule has 1 unspecified atom stereocenters. The highest BCUT2D eigenvalue weighted by Gasteiger charge is 2.31. The highest BCUT2D eigenvalue weighted by Crippen LogP contribution is 2.29. The minimum atomic E-state index is -0.0880. The fraction of sp³-hybridized carbons (Fsp3) is 0.556. The lowest BCUT2D eigenvalue weighted by Gasteiger charge is -2.22. The summed E-state index contributed by atoms with van der Waals surface area (Å²) in [5.74, 6) is 0.215. The van der Waals surface area contributed by atoms with Crippen molar-refractivity contribution in [2.45, 2.75) is 51.4 Å². The Morgan fingerprint density at radius 1 is 0.905 bits per heavy atom. The van der Waals surface area contributed by atoms with Gasteiger partial charge in [0.2, 0.25) is 0 Å². The van der Waals surface area contributed by atoms with Crippen LogP contribution in [0.1, 0.15) is 72.1 Å². The summed E-state index contributed by atoms with van der Waals surface area (Å²) in [6, 6.07) is 7.24. The summed E-state index contributed by atoms with van der Waals surface area (Å²) in [5.41, 5.74) is 1.25. The molecule has 1 aliphatic carbocycles. The zero-order valence-corrected chi connectivity index (χ0v) is 14.0. The number of ketones is 2. The van der Waals surface area contributed by atoms with Crippen LogP contribution in [0.3, 0.4) is 0 Å². The third-order valence-corrected chi connectivity index (χ3v) is 4.79. The van der Waals surface area contributed by atoms with Gasteiger partial charge in [-0.2, -0.15) is 0 Å². The largest absolute Gasteiger partial charge is 0.294 e. The molecule has 3 heteroatoms. The second-order valence-corrected chi connectivity index (χ2v) is 6.63. The molecule has 1 aromatic carbocycles. The zero-order valence-electron chi connectivity index (χ0n) is 12.4. The molecule has 0 radical (unpaired) electrons. The maximum atomic E-state index is 12.4. The van der Waals surface area contributed by atoms with E-state index in [2.05, 4.69) is 15.9 Å². The number of alkyl halides is 1. The number of halogens is 1. The summed E-state index contributed by atoms with van der Waals surface area (Å²) in [5, 5.41) is 1.09. The smallest absolute Gasteiger partial charge is 0.167 e. The summed E-state index contributed by atoms with van der Waals surface area (Å²) < 4.78 is 0. The zero-order chi connectivity index (χ0) is 15.1. The molecule has 2 nitrogen and oxygen atoms in total. The summed E-state index contributed by atoms with van der Waals surface area (Å²) in [6.45, 7) is 0. The molecule has 0 heterocycles. The fourth-order valence-corrected chi connectivity index (χ4v) is 3.41. The maximum absolute atomic E-state index is 12.4. The number of carbonyl (C=O) groups excluding carboxylic acids is 2. The monoisotopic (exact) mass is 350 g/mol. The number of Topliss-reactive ketones (excluding diaryl/α,β-unsaturated/α-hetero) is 2. The molecule has 0 saturated carbocycles. The van der Waals surface area contributed by atoms with Crippen LogP contribution >= 0.6 is 15.9 Å². The Morgan fingerprint density at radius 2 is 1.52 bits per heavy atom. The van der Waals surface area contributed by atoms with Crippen LogP contribution in [0.15, 0.2) is 24.3 Å². The summed E-state index contributed by atoms with van der Waals surface area (Å²) >= 11 is 3.44. The van der Waals surface area contributed by atoms with Gasteiger partial charge in [-0.05, 0) is 12.8 Å². The SMILES string of the molecule is O=C1CC(CCCCCCCCBr)C(=O)c2ccccc21. The van der Waals surface area contributed by atoms with E-state index in [0.29, 0.717) is 17.5 Å². The molecule has 0 amide bonds. The summed E-state index contributed by atoms with van der Waals surface area (Å²) in [7, 11) is 0. The van der Waals surface area contributed by atoms with Gasteiger partial charge in [0.1, 0.15) is 0 Å². The number of hydrogen-bond donors (Lipinski definition) is 0. The van der Waals surface area contributed by atoms with Gasteiger partial charge < -0.3 is 0 Å². The number of hydrogen-bond acceptors (Lipinski definition) is 2. The van der Waals surface area contributed by atoms with Gasteiger partial charge in [-0.15, -0.1) is 0 Å². The van der Waals surface area contributed by atoms with Crippen molar-refractivity contribution >= 4 is 27.5 Å². The van der Waals surface area contributed by atoms with E-state index in [1.165, 1.54) is 32.1 Å². The molecule has 0 bridgehead atoms. The van der Waals surface area contributed by atoms with Crippen molar-refractivity contribution < 1.29 is 9.59 Å². The summed E-state index contributed by atoms with van der Waals surface area (Å²) in [4.78, 5) is 24.5. The van der Waals surface area contributed by atoms with E-state index in [-0.39, 0.29) is 17.5 Å². The highest BCUT2D eigenvalue weighted by atomic mass is 79.9. The molecule has 1 aromatic rings. The number of carbonyl (C=O) groups is 2. The first-order valence-electron chi connectivity index (χ1n) is 7.96. The van der Waals surface area contributed by atoms with Gasteiger partial charge in [-0.1, -0.05) is 72.3 Å². The molecule has 1 aliphatic rings. The Balaban J connectivity index is 1.78. The fourth-order valence-electron chi connectivity index (χ4n) is 3.01. The van der Waals surface area contributed by atoms with E-state index < -0.39 is 0 Å². The molecule has 0 N–H and O–H groups in total. The van der Waals surface area contributed by atoms with Crippen molar-refractivity contribution in [3.63, 3.8) is 0 Å². The molecule has 0 spiro atoms. The van der Waals surface area contributed by atoms with Gasteiger partial charge in [0.05, 0.1) is 0 Å². The minimum Gasteiger partial charge on any atom is -0.294 e. The summed E-state index contributed by atoms with van der Waals surface area (Å²) in [6.07, 6.45) is 8.51. The van der Waals surface area contributed by atoms with Crippen LogP contribution in [-0.4, -0.2) is 16.9 Å². The van der Waals surface area contributed by atoms with Gasteiger partial charge in [0.25, 0.3) is 0 Å². The predicted octanol–water partition coefficient (Wildman–Crippen LogP) is 5.20. The molecule has 0 fully saturated rings. The molecule has 0 aromatic heterocycles. The van der Waals surface area contributed by atoms with Gasteiger partial charge in [-0.3, -0.25) is 9.59 Å². The Labute approximate surface area is 135 Å². The molecule has 114 valence electrons. The maximum Gasteiger partial charge on any atom is 0.167 e. The normalized spacial score (nSPS) is 17.9. The number of rotatable bonds is 8. The van der Waals surface area contributed by atoms with E-state index in [1.807, 2.05) is 12.1 Å². The minimum absolute atomic E-state index is 0.0880. The molecule has 0 saturated heterocycles. The third-order valence-electron chi connectivity index (χ3n) is 4.23. The Hall–Kier alpha value is -0.960. The predicted molar refractivity (Wildman–Crippen MR) is 89.3 cm³/mol. The van der Waals surface area contributed by atoms with Crippen molar-refractivity contribution in [1.82, 2.24) is 0 Å². The average Bonchev–Trinajstić information content (AvgIpc) is 2.51. The standard InChI is InChI=1S/C18H23BrO2/c19-12-8-4-2-1-3-5-9-14-13-17(20)15-10-6-7-11-16(15)18(14)21/h6-7,10-11,14H,1-5,8-9,12-13H2. The molecule has 1 atom stereocenters. The lowest BCUT2D eigenvalue weighted by Crippen LogP contribution is -2.26. The van der Waals surface area contributed by atoms with E-state index in [0.717, 1.165) is 18.2 Å². The van der Waals surface area contributed by atoms with Crippen molar-refractivity contribution in [3.8, 4) is 0 Å². The third kappa shape index (κ3) is 4.50. The van der Waals surface area contributed by atoms with Crippen LogP contribution in [0.4, 0.5) is 0 Å². The molecular formula is C18H23BrO2. The van der Waals surface area contributed by atoms with Crippen LogP contribution in [-0.2, 0) is 0 Å². The van der Waals surface area contributed by atoms with E-state index in [4.69, 9.17) is 0 Å². The number of unbranched alkanes of at least 4 members (excludes halogenated alkanes) is 5. The highest BCUT2D eigenvalue weighted by molar-refractivity contribution is 9.09. The van der Waals surface area contributed by atoms with Gasteiger partial charge in [0, 0.05) is 28.8 Å². The quantitative estimate of drug-likeness (QED) is 0.477. The van der Waals surface area contributed by atoms with Gasteiger partial charge >= 0.3 is 0 Å². The first-order valence-corrected chi connectivity index (χ1v) is 9.08. The first-order chi connectivity index (χ1) is 10.2. The van der Waals surface area contributed by atoms with E-state index in [9.17, 15) is 9.59 Å². The second-order valence-electron chi connectivity index (χ2n) is 5.83. The van der Waals surface area contributed by atoms with Gasteiger partial charge in [0.15, 0.2) is 11.6 Å². The Kier molecular flexibility index (Phi) is 6.62. The molecule has 0 aliphatic heterocycles. The van der Waals surface area contributed by atoms with Crippen LogP contribution in [0.5, 0.6) is 0 Å². The van der Waals surface area contributed by atoms with E-state index in [1.54, 1.807) is 12.1 Å². The molecule has 2 rings (SSSR count).